The monoisotopic (exact) mass is 276 g/mol. The summed E-state index contributed by atoms with van der Waals surface area (Å²) in [7, 11) is 0. The van der Waals surface area contributed by atoms with Crippen molar-refractivity contribution in [1.82, 2.24) is 10.2 Å². The lowest BCUT2D eigenvalue weighted by Crippen LogP contribution is -2.51. The molecule has 2 saturated heterocycles. The molecule has 0 aromatic rings. The van der Waals surface area contributed by atoms with E-state index in [0.29, 0.717) is 37.0 Å². The molecule has 1 amide bonds. The SMILES string of the molecule is O=C(NC1CSCC1O)C(=S)N1CCOCC1. The average Bonchev–Trinajstić information content (AvgIpc) is 2.75. The molecule has 5 nitrogen and oxygen atoms in total. The van der Waals surface area contributed by atoms with E-state index in [-0.39, 0.29) is 11.9 Å². The number of ether oxygens (including phenoxy) is 1. The van der Waals surface area contributed by atoms with Gasteiger partial charge in [0, 0.05) is 24.6 Å². The molecule has 0 spiro atoms. The lowest BCUT2D eigenvalue weighted by molar-refractivity contribution is -0.116. The fourth-order valence-corrected chi connectivity index (χ4v) is 3.23. The number of carbonyl (C=O) groups excluding carboxylic acids is 1. The standard InChI is InChI=1S/C10H16N2O3S2/c13-8-6-17-5-7(8)11-9(14)10(16)12-1-3-15-4-2-12/h7-8,13H,1-6H2,(H,11,14). The van der Waals surface area contributed by atoms with Crippen LogP contribution in [0.1, 0.15) is 0 Å². The van der Waals surface area contributed by atoms with Crippen molar-refractivity contribution in [2.45, 2.75) is 12.1 Å². The second kappa shape index (κ2) is 5.99. The summed E-state index contributed by atoms with van der Waals surface area (Å²) < 4.78 is 5.20. The van der Waals surface area contributed by atoms with E-state index in [4.69, 9.17) is 17.0 Å². The Hall–Kier alpha value is -0.370. The van der Waals surface area contributed by atoms with E-state index in [0.717, 1.165) is 5.75 Å². The van der Waals surface area contributed by atoms with Crippen LogP contribution in [0.15, 0.2) is 0 Å². The molecule has 2 aliphatic heterocycles. The number of thioether (sulfide) groups is 1. The maximum atomic E-state index is 11.9. The van der Waals surface area contributed by atoms with Crippen molar-refractivity contribution >= 4 is 34.9 Å². The summed E-state index contributed by atoms with van der Waals surface area (Å²) >= 11 is 6.78. The first-order valence-corrected chi connectivity index (χ1v) is 7.18. The second-order valence-corrected chi connectivity index (χ2v) is 5.55. The lowest BCUT2D eigenvalue weighted by Gasteiger charge is -2.29. The molecule has 17 heavy (non-hydrogen) atoms. The maximum Gasteiger partial charge on any atom is 0.279 e. The van der Waals surface area contributed by atoms with Crippen molar-refractivity contribution in [3.63, 3.8) is 0 Å². The molecule has 2 atom stereocenters. The highest BCUT2D eigenvalue weighted by atomic mass is 32.2. The smallest absolute Gasteiger partial charge is 0.279 e. The Morgan fingerprint density at radius 1 is 1.41 bits per heavy atom. The first-order valence-electron chi connectivity index (χ1n) is 5.62. The summed E-state index contributed by atoms with van der Waals surface area (Å²) in [5, 5.41) is 12.4. The lowest BCUT2D eigenvalue weighted by atomic mass is 10.2. The summed E-state index contributed by atoms with van der Waals surface area (Å²) in [6, 6.07) is -0.175. The fraction of sp³-hybridized carbons (Fsp3) is 0.800. The van der Waals surface area contributed by atoms with Gasteiger partial charge in [-0.15, -0.1) is 0 Å². The number of nitrogens with zero attached hydrogens (tertiary/aromatic N) is 1. The van der Waals surface area contributed by atoms with Crippen LogP contribution in [-0.4, -0.2) is 70.9 Å². The number of thiocarbonyl (C=S) groups is 1. The summed E-state index contributed by atoms with van der Waals surface area (Å²) in [5.74, 6) is 1.17. The van der Waals surface area contributed by atoms with E-state index in [2.05, 4.69) is 5.32 Å². The Labute approximate surface area is 110 Å². The molecule has 0 aliphatic carbocycles. The Morgan fingerprint density at radius 3 is 2.71 bits per heavy atom. The van der Waals surface area contributed by atoms with E-state index in [1.165, 1.54) is 0 Å². The van der Waals surface area contributed by atoms with Crippen LogP contribution < -0.4 is 5.32 Å². The van der Waals surface area contributed by atoms with E-state index in [1.54, 1.807) is 11.8 Å². The van der Waals surface area contributed by atoms with Crippen LogP contribution in [0.25, 0.3) is 0 Å². The molecule has 2 unspecified atom stereocenters. The largest absolute Gasteiger partial charge is 0.390 e. The minimum Gasteiger partial charge on any atom is -0.390 e. The van der Waals surface area contributed by atoms with Gasteiger partial charge in [0.05, 0.1) is 25.4 Å². The third kappa shape index (κ3) is 3.31. The number of carbonyl (C=O) groups is 1. The normalized spacial score (nSPS) is 29.1. The van der Waals surface area contributed by atoms with Crippen molar-refractivity contribution in [2.75, 3.05) is 37.8 Å². The van der Waals surface area contributed by atoms with Crippen molar-refractivity contribution in [1.29, 1.82) is 0 Å². The van der Waals surface area contributed by atoms with Gasteiger partial charge in [-0.25, -0.2) is 0 Å². The molecule has 2 N–H and O–H groups in total. The highest BCUT2D eigenvalue weighted by Crippen LogP contribution is 2.18. The van der Waals surface area contributed by atoms with Gasteiger partial charge in [-0.1, -0.05) is 12.2 Å². The molecule has 2 aliphatic rings. The zero-order chi connectivity index (χ0) is 12.3. The van der Waals surface area contributed by atoms with Gasteiger partial charge in [-0.05, 0) is 0 Å². The van der Waals surface area contributed by atoms with Gasteiger partial charge < -0.3 is 20.1 Å². The first kappa shape index (κ1) is 13.1. The van der Waals surface area contributed by atoms with Gasteiger partial charge >= 0.3 is 0 Å². The first-order chi connectivity index (χ1) is 8.18. The topological polar surface area (TPSA) is 61.8 Å². The zero-order valence-corrected chi connectivity index (χ0v) is 11.1. The number of aliphatic hydroxyl groups is 1. The molecule has 2 fully saturated rings. The van der Waals surface area contributed by atoms with Gasteiger partial charge in [-0.2, -0.15) is 11.8 Å². The highest BCUT2D eigenvalue weighted by Gasteiger charge is 2.29. The van der Waals surface area contributed by atoms with Gasteiger partial charge in [-0.3, -0.25) is 4.79 Å². The van der Waals surface area contributed by atoms with Crippen LogP contribution in [0.2, 0.25) is 0 Å². The van der Waals surface area contributed by atoms with Crippen LogP contribution >= 0.6 is 24.0 Å². The van der Waals surface area contributed by atoms with E-state index >= 15 is 0 Å². The van der Waals surface area contributed by atoms with E-state index in [1.807, 2.05) is 4.90 Å². The van der Waals surface area contributed by atoms with Crippen molar-refractivity contribution in [2.24, 2.45) is 0 Å². The van der Waals surface area contributed by atoms with Gasteiger partial charge in [0.15, 0.2) is 4.99 Å². The number of morpholine rings is 1. The Morgan fingerprint density at radius 2 is 2.12 bits per heavy atom. The molecule has 0 aromatic heterocycles. The predicted octanol–water partition coefficient (Wildman–Crippen LogP) is -0.762. The number of hydrogen-bond donors (Lipinski definition) is 2. The Bertz CT molecular complexity index is 308. The van der Waals surface area contributed by atoms with E-state index in [9.17, 15) is 9.90 Å². The summed E-state index contributed by atoms with van der Waals surface area (Å²) in [6.07, 6.45) is -0.462. The molecule has 0 bridgehead atoms. The van der Waals surface area contributed by atoms with Crippen LogP contribution in [0, 0.1) is 0 Å². The number of amides is 1. The zero-order valence-electron chi connectivity index (χ0n) is 9.42. The molecular weight excluding hydrogens is 260 g/mol. The summed E-state index contributed by atoms with van der Waals surface area (Å²) in [5.41, 5.74) is 0. The highest BCUT2D eigenvalue weighted by molar-refractivity contribution is 7.99. The molecule has 0 saturated carbocycles. The van der Waals surface area contributed by atoms with Crippen LogP contribution in [0.4, 0.5) is 0 Å². The van der Waals surface area contributed by atoms with Crippen molar-refractivity contribution < 1.29 is 14.6 Å². The number of aliphatic hydroxyl groups excluding tert-OH is 1. The van der Waals surface area contributed by atoms with Crippen LogP contribution in [0.3, 0.4) is 0 Å². The molecule has 0 radical (unpaired) electrons. The Balaban J connectivity index is 1.84. The maximum absolute atomic E-state index is 11.9. The Kier molecular flexibility index (Phi) is 4.61. The molecule has 0 aromatic carbocycles. The third-order valence-electron chi connectivity index (χ3n) is 2.86. The van der Waals surface area contributed by atoms with Crippen LogP contribution in [0.5, 0.6) is 0 Å². The van der Waals surface area contributed by atoms with Gasteiger partial charge in [0.2, 0.25) is 0 Å². The van der Waals surface area contributed by atoms with Gasteiger partial charge in [0.25, 0.3) is 5.91 Å². The van der Waals surface area contributed by atoms with Crippen molar-refractivity contribution in [3.8, 4) is 0 Å². The summed E-state index contributed by atoms with van der Waals surface area (Å²) in [4.78, 5) is 14.0. The van der Waals surface area contributed by atoms with Crippen LogP contribution in [-0.2, 0) is 9.53 Å². The van der Waals surface area contributed by atoms with Gasteiger partial charge in [0.1, 0.15) is 0 Å². The predicted molar refractivity (Wildman–Crippen MR) is 70.3 cm³/mol. The quantitative estimate of drug-likeness (QED) is 0.614. The van der Waals surface area contributed by atoms with E-state index < -0.39 is 6.10 Å². The fourth-order valence-electron chi connectivity index (χ4n) is 1.82. The molecule has 96 valence electrons. The minimum atomic E-state index is -0.462. The minimum absolute atomic E-state index is 0.175. The molecule has 2 heterocycles. The molecular formula is C10H16N2O3S2. The molecule has 2 rings (SSSR count). The number of rotatable bonds is 1. The number of nitrogens with one attached hydrogen (secondary N) is 1. The summed E-state index contributed by atoms with van der Waals surface area (Å²) in [6.45, 7) is 2.53. The average molecular weight is 276 g/mol. The third-order valence-corrected chi connectivity index (χ3v) is 4.48. The number of hydrogen-bond acceptors (Lipinski definition) is 5. The molecule has 7 heteroatoms. The van der Waals surface area contributed by atoms with Crippen molar-refractivity contribution in [3.05, 3.63) is 0 Å². The second-order valence-electron chi connectivity index (χ2n) is 4.09.